The summed E-state index contributed by atoms with van der Waals surface area (Å²) in [5.41, 5.74) is 0. The number of esters is 1. The van der Waals surface area contributed by atoms with E-state index in [-0.39, 0.29) is 5.97 Å². The summed E-state index contributed by atoms with van der Waals surface area (Å²) >= 11 is 0. The molecule has 0 unspecified atom stereocenters. The fraction of sp³-hybridized carbons (Fsp3) is 0.857. The van der Waals surface area contributed by atoms with Gasteiger partial charge in [0, 0.05) is 12.8 Å². The van der Waals surface area contributed by atoms with Crippen molar-refractivity contribution in [2.75, 3.05) is 13.2 Å². The number of ether oxygens (including phenoxy) is 1. The highest BCUT2D eigenvalue weighted by Gasteiger charge is 2.01. The largest absolute Gasteiger partial charge is 0.466 e. The molecule has 5 heteroatoms. The first-order valence-corrected chi connectivity index (χ1v) is 7.19. The smallest absolute Gasteiger partial charge is 0.305 e. The fourth-order valence-electron chi connectivity index (χ4n) is 1.74. The Hall–Kier alpha value is -1.26. The van der Waals surface area contributed by atoms with Gasteiger partial charge in [-0.15, -0.1) is 0 Å². The SMILES string of the molecule is O=CCCCCC(=O)OCCCCCCCCN=O. The molecule has 0 aromatic carbocycles. The minimum absolute atomic E-state index is 0.164. The Balaban J connectivity index is 3.13. The molecule has 19 heavy (non-hydrogen) atoms. The van der Waals surface area contributed by atoms with Gasteiger partial charge in [0.05, 0.1) is 13.2 Å². The van der Waals surface area contributed by atoms with E-state index in [9.17, 15) is 14.5 Å². The van der Waals surface area contributed by atoms with Crippen molar-refractivity contribution in [2.45, 2.75) is 64.2 Å². The van der Waals surface area contributed by atoms with E-state index in [4.69, 9.17) is 4.74 Å². The molecule has 0 N–H and O–H groups in total. The quantitative estimate of drug-likeness (QED) is 0.210. The molecule has 0 aromatic rings. The maximum Gasteiger partial charge on any atom is 0.305 e. The molecule has 0 atom stereocenters. The molecule has 0 aliphatic carbocycles. The zero-order chi connectivity index (χ0) is 14.2. The zero-order valence-corrected chi connectivity index (χ0v) is 11.6. The number of hydrogen-bond donors (Lipinski definition) is 0. The molecule has 0 aromatic heterocycles. The van der Waals surface area contributed by atoms with Gasteiger partial charge in [0.25, 0.3) is 0 Å². The summed E-state index contributed by atoms with van der Waals surface area (Å²) in [6, 6.07) is 0. The molecule has 110 valence electrons. The molecular formula is C14H25NO4. The fourth-order valence-corrected chi connectivity index (χ4v) is 1.74. The van der Waals surface area contributed by atoms with Crippen LogP contribution in [0.4, 0.5) is 0 Å². The third-order valence-electron chi connectivity index (χ3n) is 2.86. The molecule has 0 saturated heterocycles. The van der Waals surface area contributed by atoms with Crippen molar-refractivity contribution in [3.05, 3.63) is 4.91 Å². The first kappa shape index (κ1) is 17.7. The van der Waals surface area contributed by atoms with Crippen LogP contribution >= 0.6 is 0 Å². The first-order chi connectivity index (χ1) is 9.31. The van der Waals surface area contributed by atoms with Crippen molar-refractivity contribution in [1.82, 2.24) is 0 Å². The van der Waals surface area contributed by atoms with Gasteiger partial charge in [-0.05, 0) is 25.7 Å². The number of unbranched alkanes of at least 4 members (excludes halogenated alkanes) is 7. The van der Waals surface area contributed by atoms with Crippen molar-refractivity contribution >= 4 is 12.3 Å². The summed E-state index contributed by atoms with van der Waals surface area (Å²) in [6.45, 7) is 0.907. The standard InChI is InChI=1S/C14H25NO4/c16-12-8-5-6-10-14(17)19-13-9-4-2-1-3-7-11-15-18/h12H,1-11,13H2. The van der Waals surface area contributed by atoms with Crippen molar-refractivity contribution in [1.29, 1.82) is 0 Å². The van der Waals surface area contributed by atoms with E-state index in [2.05, 4.69) is 5.18 Å². The second-order valence-electron chi connectivity index (χ2n) is 4.61. The Kier molecular flexibility index (Phi) is 13.8. The molecular weight excluding hydrogens is 246 g/mol. The lowest BCUT2D eigenvalue weighted by Crippen LogP contribution is -2.05. The van der Waals surface area contributed by atoms with Crippen molar-refractivity contribution in [2.24, 2.45) is 5.18 Å². The molecule has 0 radical (unpaired) electrons. The molecule has 0 spiro atoms. The number of hydrogen-bond acceptors (Lipinski definition) is 5. The van der Waals surface area contributed by atoms with Gasteiger partial charge in [0.1, 0.15) is 6.29 Å². The van der Waals surface area contributed by atoms with E-state index >= 15 is 0 Å². The monoisotopic (exact) mass is 271 g/mol. The molecule has 0 saturated carbocycles. The number of carbonyl (C=O) groups excluding carboxylic acids is 2. The predicted octanol–water partition coefficient (Wildman–Crippen LogP) is 3.40. The Morgan fingerprint density at radius 2 is 1.63 bits per heavy atom. The van der Waals surface area contributed by atoms with Crippen LogP contribution in [0.5, 0.6) is 0 Å². The number of nitroso groups, excluding NO2 is 1. The van der Waals surface area contributed by atoms with Crippen molar-refractivity contribution < 1.29 is 14.3 Å². The third kappa shape index (κ3) is 14.7. The second kappa shape index (κ2) is 14.8. The van der Waals surface area contributed by atoms with Crippen LogP contribution in [-0.2, 0) is 14.3 Å². The van der Waals surface area contributed by atoms with E-state index in [1.54, 1.807) is 0 Å². The minimum Gasteiger partial charge on any atom is -0.466 e. The normalized spacial score (nSPS) is 10.1. The maximum absolute atomic E-state index is 11.3. The average Bonchev–Trinajstić information content (AvgIpc) is 2.42. The summed E-state index contributed by atoms with van der Waals surface area (Å²) in [5, 5.41) is 2.81. The Bertz CT molecular complexity index is 244. The maximum atomic E-state index is 11.3. The van der Waals surface area contributed by atoms with Crippen molar-refractivity contribution in [3.63, 3.8) is 0 Å². The van der Waals surface area contributed by atoms with E-state index in [1.165, 1.54) is 0 Å². The Morgan fingerprint density at radius 1 is 0.947 bits per heavy atom. The molecule has 0 fully saturated rings. The number of aldehydes is 1. The van der Waals surface area contributed by atoms with Crippen LogP contribution in [0.25, 0.3) is 0 Å². The van der Waals surface area contributed by atoms with Crippen LogP contribution < -0.4 is 0 Å². The highest BCUT2D eigenvalue weighted by atomic mass is 16.5. The zero-order valence-electron chi connectivity index (χ0n) is 11.6. The predicted molar refractivity (Wildman–Crippen MR) is 73.9 cm³/mol. The Morgan fingerprint density at radius 3 is 2.32 bits per heavy atom. The molecule has 0 aliphatic heterocycles. The van der Waals surface area contributed by atoms with Crippen LogP contribution in [0.2, 0.25) is 0 Å². The summed E-state index contributed by atoms with van der Waals surface area (Å²) in [4.78, 5) is 31.2. The summed E-state index contributed by atoms with van der Waals surface area (Å²) < 4.78 is 5.08. The minimum atomic E-state index is -0.164. The lowest BCUT2D eigenvalue weighted by molar-refractivity contribution is -0.144. The highest BCUT2D eigenvalue weighted by molar-refractivity contribution is 5.69. The molecule has 0 rings (SSSR count). The topological polar surface area (TPSA) is 72.8 Å². The molecule has 5 nitrogen and oxygen atoms in total. The van der Waals surface area contributed by atoms with Gasteiger partial charge in [-0.2, -0.15) is 4.91 Å². The van der Waals surface area contributed by atoms with Crippen LogP contribution in [0.1, 0.15) is 64.2 Å². The molecule has 0 amide bonds. The number of nitrogens with zero attached hydrogens (tertiary/aromatic N) is 1. The molecule has 0 bridgehead atoms. The summed E-state index contributed by atoms with van der Waals surface area (Å²) in [5.74, 6) is -0.164. The second-order valence-corrected chi connectivity index (χ2v) is 4.61. The molecule has 0 aliphatic rings. The lowest BCUT2D eigenvalue weighted by atomic mass is 10.1. The molecule has 0 heterocycles. The van der Waals surface area contributed by atoms with Gasteiger partial charge in [0.15, 0.2) is 0 Å². The van der Waals surface area contributed by atoms with E-state index in [0.717, 1.165) is 57.7 Å². The van der Waals surface area contributed by atoms with E-state index in [1.807, 2.05) is 0 Å². The van der Waals surface area contributed by atoms with Crippen molar-refractivity contribution in [3.8, 4) is 0 Å². The van der Waals surface area contributed by atoms with E-state index in [0.29, 0.717) is 26.0 Å². The average molecular weight is 271 g/mol. The lowest BCUT2D eigenvalue weighted by Gasteiger charge is -2.04. The Labute approximate surface area is 115 Å². The van der Waals surface area contributed by atoms with Gasteiger partial charge >= 0.3 is 5.97 Å². The number of rotatable bonds is 14. The highest BCUT2D eigenvalue weighted by Crippen LogP contribution is 2.06. The number of carbonyl (C=O) groups is 2. The van der Waals surface area contributed by atoms with Gasteiger partial charge in [-0.3, -0.25) is 4.79 Å². The van der Waals surface area contributed by atoms with Crippen LogP contribution in [-0.4, -0.2) is 25.4 Å². The van der Waals surface area contributed by atoms with Gasteiger partial charge in [-0.25, -0.2) is 0 Å². The van der Waals surface area contributed by atoms with Crippen LogP contribution in [0.3, 0.4) is 0 Å². The van der Waals surface area contributed by atoms with Crippen LogP contribution in [0, 0.1) is 4.91 Å². The van der Waals surface area contributed by atoms with Gasteiger partial charge in [0.2, 0.25) is 0 Å². The third-order valence-corrected chi connectivity index (χ3v) is 2.86. The van der Waals surface area contributed by atoms with Gasteiger partial charge < -0.3 is 9.53 Å². The van der Waals surface area contributed by atoms with Crippen LogP contribution in [0.15, 0.2) is 5.18 Å². The van der Waals surface area contributed by atoms with Gasteiger partial charge in [-0.1, -0.05) is 30.9 Å². The first-order valence-electron chi connectivity index (χ1n) is 7.19. The van der Waals surface area contributed by atoms with E-state index < -0.39 is 0 Å². The summed E-state index contributed by atoms with van der Waals surface area (Å²) in [7, 11) is 0. The summed E-state index contributed by atoms with van der Waals surface area (Å²) in [6.07, 6.45) is 9.36.